The molecule has 2 N–H and O–H groups in total. The minimum absolute atomic E-state index is 0.787. The molecule has 0 radical (unpaired) electrons. The summed E-state index contributed by atoms with van der Waals surface area (Å²) in [5.41, 5.74) is 10.3. The smallest absolute Gasteiger partial charge is 0.0733 e. The van der Waals surface area contributed by atoms with Crippen LogP contribution in [0.15, 0.2) is 30.5 Å². The summed E-state index contributed by atoms with van der Waals surface area (Å²) < 4.78 is 1.97. The van der Waals surface area contributed by atoms with Gasteiger partial charge in [-0.1, -0.05) is 36.8 Å². The molecular formula is C13H17N3. The third-order valence-electron chi connectivity index (χ3n) is 2.77. The molecule has 2 rings (SSSR count). The number of aromatic nitrogens is 2. The SMILES string of the molecule is CCc1c(N)cnn1Cc1ccc(C)cc1. The summed E-state index contributed by atoms with van der Waals surface area (Å²) >= 11 is 0. The normalized spacial score (nSPS) is 10.6. The molecule has 0 saturated heterocycles. The number of hydrogen-bond donors (Lipinski definition) is 1. The molecule has 84 valence electrons. The summed E-state index contributed by atoms with van der Waals surface area (Å²) in [6.45, 7) is 4.98. The van der Waals surface area contributed by atoms with Crippen LogP contribution in [0.2, 0.25) is 0 Å². The molecule has 0 amide bonds. The average molecular weight is 215 g/mol. The Labute approximate surface area is 95.9 Å². The van der Waals surface area contributed by atoms with Crippen molar-refractivity contribution in [2.75, 3.05) is 5.73 Å². The number of hydrogen-bond acceptors (Lipinski definition) is 2. The molecular weight excluding hydrogens is 198 g/mol. The molecule has 2 aromatic rings. The average Bonchev–Trinajstić information content (AvgIpc) is 2.63. The second kappa shape index (κ2) is 4.39. The maximum Gasteiger partial charge on any atom is 0.0733 e. The Morgan fingerprint density at radius 1 is 1.25 bits per heavy atom. The predicted molar refractivity (Wildman–Crippen MR) is 66.3 cm³/mol. The molecule has 0 unspecified atom stereocenters. The van der Waals surface area contributed by atoms with Gasteiger partial charge in [-0.25, -0.2) is 0 Å². The van der Waals surface area contributed by atoms with Gasteiger partial charge in [-0.15, -0.1) is 0 Å². The Morgan fingerprint density at radius 3 is 2.56 bits per heavy atom. The molecule has 1 heterocycles. The molecule has 0 aliphatic carbocycles. The van der Waals surface area contributed by atoms with Crippen molar-refractivity contribution in [1.29, 1.82) is 0 Å². The lowest BCUT2D eigenvalue weighted by Crippen LogP contribution is -2.06. The lowest BCUT2D eigenvalue weighted by atomic mass is 10.1. The Hall–Kier alpha value is -1.77. The van der Waals surface area contributed by atoms with Gasteiger partial charge in [0.2, 0.25) is 0 Å². The predicted octanol–water partition coefficient (Wildman–Crippen LogP) is 2.38. The molecule has 1 aromatic heterocycles. The highest BCUT2D eigenvalue weighted by Crippen LogP contribution is 2.13. The number of nitrogens with two attached hydrogens (primary N) is 1. The number of nitrogens with zero attached hydrogens (tertiary/aromatic N) is 2. The van der Waals surface area contributed by atoms with E-state index >= 15 is 0 Å². The van der Waals surface area contributed by atoms with Crippen molar-refractivity contribution in [2.45, 2.75) is 26.8 Å². The molecule has 0 aliphatic heterocycles. The topological polar surface area (TPSA) is 43.8 Å². The Balaban J connectivity index is 2.23. The first-order valence-corrected chi connectivity index (χ1v) is 5.56. The first-order valence-electron chi connectivity index (χ1n) is 5.56. The Bertz CT molecular complexity index is 468. The standard InChI is InChI=1S/C13H17N3/c1-3-13-12(14)8-15-16(13)9-11-6-4-10(2)5-7-11/h4-8H,3,9,14H2,1-2H3. The molecule has 0 saturated carbocycles. The van der Waals surface area contributed by atoms with E-state index < -0.39 is 0 Å². The van der Waals surface area contributed by atoms with Gasteiger partial charge in [-0.05, 0) is 18.9 Å². The van der Waals surface area contributed by atoms with Gasteiger partial charge in [0.15, 0.2) is 0 Å². The van der Waals surface area contributed by atoms with Crippen LogP contribution in [0.3, 0.4) is 0 Å². The van der Waals surface area contributed by atoms with Crippen molar-refractivity contribution in [2.24, 2.45) is 0 Å². The van der Waals surface area contributed by atoms with Gasteiger partial charge in [0.05, 0.1) is 24.1 Å². The van der Waals surface area contributed by atoms with Gasteiger partial charge in [-0.2, -0.15) is 5.10 Å². The van der Waals surface area contributed by atoms with E-state index in [0.29, 0.717) is 0 Å². The van der Waals surface area contributed by atoms with E-state index in [9.17, 15) is 0 Å². The molecule has 3 nitrogen and oxygen atoms in total. The molecule has 1 aromatic carbocycles. The highest BCUT2D eigenvalue weighted by Gasteiger charge is 2.06. The van der Waals surface area contributed by atoms with Crippen molar-refractivity contribution in [1.82, 2.24) is 9.78 Å². The monoisotopic (exact) mass is 215 g/mol. The van der Waals surface area contributed by atoms with Crippen LogP contribution in [0.4, 0.5) is 5.69 Å². The van der Waals surface area contributed by atoms with Gasteiger partial charge < -0.3 is 5.73 Å². The van der Waals surface area contributed by atoms with Crippen LogP contribution in [0, 0.1) is 6.92 Å². The fourth-order valence-corrected chi connectivity index (χ4v) is 1.81. The van der Waals surface area contributed by atoms with Gasteiger partial charge in [0, 0.05) is 0 Å². The van der Waals surface area contributed by atoms with Gasteiger partial charge in [-0.3, -0.25) is 4.68 Å². The largest absolute Gasteiger partial charge is 0.396 e. The first-order chi connectivity index (χ1) is 7.70. The van der Waals surface area contributed by atoms with E-state index in [1.54, 1.807) is 6.20 Å². The molecule has 3 heteroatoms. The fraction of sp³-hybridized carbons (Fsp3) is 0.308. The van der Waals surface area contributed by atoms with Crippen molar-refractivity contribution in [3.05, 3.63) is 47.3 Å². The second-order valence-electron chi connectivity index (χ2n) is 4.04. The summed E-state index contributed by atoms with van der Waals surface area (Å²) in [6, 6.07) is 8.50. The minimum atomic E-state index is 0.787. The minimum Gasteiger partial charge on any atom is -0.396 e. The van der Waals surface area contributed by atoms with E-state index in [4.69, 9.17) is 5.73 Å². The highest BCUT2D eigenvalue weighted by atomic mass is 15.3. The third-order valence-corrected chi connectivity index (χ3v) is 2.77. The van der Waals surface area contributed by atoms with E-state index in [2.05, 4.69) is 43.2 Å². The first kappa shape index (κ1) is 10.7. The molecule has 0 aliphatic rings. The van der Waals surface area contributed by atoms with Crippen molar-refractivity contribution in [3.63, 3.8) is 0 Å². The Kier molecular flexibility index (Phi) is 2.95. The Morgan fingerprint density at radius 2 is 1.94 bits per heavy atom. The lowest BCUT2D eigenvalue weighted by Gasteiger charge is -2.07. The molecule has 16 heavy (non-hydrogen) atoms. The van der Waals surface area contributed by atoms with Gasteiger partial charge in [0.25, 0.3) is 0 Å². The van der Waals surface area contributed by atoms with Crippen molar-refractivity contribution < 1.29 is 0 Å². The van der Waals surface area contributed by atoms with Crippen molar-refractivity contribution >= 4 is 5.69 Å². The highest BCUT2D eigenvalue weighted by molar-refractivity contribution is 5.41. The summed E-state index contributed by atoms with van der Waals surface area (Å²) in [6.07, 6.45) is 2.64. The summed E-state index contributed by atoms with van der Waals surface area (Å²) in [4.78, 5) is 0. The molecule has 0 atom stereocenters. The summed E-state index contributed by atoms with van der Waals surface area (Å²) in [5, 5.41) is 4.30. The summed E-state index contributed by atoms with van der Waals surface area (Å²) in [7, 11) is 0. The van der Waals surface area contributed by atoms with Crippen LogP contribution in [0.25, 0.3) is 0 Å². The van der Waals surface area contributed by atoms with Gasteiger partial charge >= 0.3 is 0 Å². The molecule has 0 spiro atoms. The van der Waals surface area contributed by atoms with Gasteiger partial charge in [0.1, 0.15) is 0 Å². The number of anilines is 1. The molecule has 0 fully saturated rings. The maximum atomic E-state index is 5.85. The number of benzene rings is 1. The zero-order valence-electron chi connectivity index (χ0n) is 9.77. The van der Waals surface area contributed by atoms with Crippen LogP contribution >= 0.6 is 0 Å². The van der Waals surface area contributed by atoms with Crippen LogP contribution in [0.1, 0.15) is 23.7 Å². The van der Waals surface area contributed by atoms with E-state index in [1.807, 2.05) is 4.68 Å². The summed E-state index contributed by atoms with van der Waals surface area (Å²) in [5.74, 6) is 0. The number of nitrogen functional groups attached to an aromatic ring is 1. The third kappa shape index (κ3) is 2.08. The van der Waals surface area contributed by atoms with Crippen LogP contribution in [-0.2, 0) is 13.0 Å². The zero-order chi connectivity index (χ0) is 11.5. The van der Waals surface area contributed by atoms with Crippen LogP contribution in [-0.4, -0.2) is 9.78 Å². The lowest BCUT2D eigenvalue weighted by molar-refractivity contribution is 0.650. The van der Waals surface area contributed by atoms with E-state index in [0.717, 1.165) is 24.3 Å². The van der Waals surface area contributed by atoms with E-state index in [-0.39, 0.29) is 0 Å². The maximum absolute atomic E-state index is 5.85. The fourth-order valence-electron chi connectivity index (χ4n) is 1.81. The second-order valence-corrected chi connectivity index (χ2v) is 4.04. The quantitative estimate of drug-likeness (QED) is 0.854. The molecule has 0 bridgehead atoms. The van der Waals surface area contributed by atoms with Crippen LogP contribution in [0.5, 0.6) is 0 Å². The van der Waals surface area contributed by atoms with Crippen molar-refractivity contribution in [3.8, 4) is 0 Å². The zero-order valence-corrected chi connectivity index (χ0v) is 9.77. The van der Waals surface area contributed by atoms with E-state index in [1.165, 1.54) is 11.1 Å². The van der Waals surface area contributed by atoms with Crippen LogP contribution < -0.4 is 5.73 Å². The number of aryl methyl sites for hydroxylation is 1. The number of rotatable bonds is 3.